The second-order valence-electron chi connectivity index (χ2n) is 5.42. The molecule has 0 amide bonds. The highest BCUT2D eigenvalue weighted by atomic mass is 16.3. The lowest BCUT2D eigenvalue weighted by Crippen LogP contribution is -2.32. The van der Waals surface area contributed by atoms with Crippen molar-refractivity contribution in [3.05, 3.63) is 29.8 Å². The summed E-state index contributed by atoms with van der Waals surface area (Å²) in [5.74, 6) is 1.29. The third-order valence-corrected chi connectivity index (χ3v) is 3.82. The van der Waals surface area contributed by atoms with Gasteiger partial charge in [-0.1, -0.05) is 31.4 Å². The van der Waals surface area contributed by atoms with Gasteiger partial charge in [0.1, 0.15) is 5.75 Å². The van der Waals surface area contributed by atoms with E-state index in [1.54, 1.807) is 6.07 Å². The fourth-order valence-electron chi connectivity index (χ4n) is 2.61. The lowest BCUT2D eigenvalue weighted by Gasteiger charge is -2.30. The molecular formula is C15H23NO. The Morgan fingerprint density at radius 1 is 1.35 bits per heavy atom. The van der Waals surface area contributed by atoms with Gasteiger partial charge in [0, 0.05) is 12.1 Å². The largest absolute Gasteiger partial charge is 0.508 e. The van der Waals surface area contributed by atoms with E-state index in [2.05, 4.69) is 25.2 Å². The van der Waals surface area contributed by atoms with Gasteiger partial charge in [0.25, 0.3) is 0 Å². The molecule has 2 unspecified atom stereocenters. The van der Waals surface area contributed by atoms with E-state index in [1.165, 1.54) is 25.7 Å². The number of phenolic OH excluding ortho intramolecular Hbond substituents is 1. The van der Waals surface area contributed by atoms with Crippen molar-refractivity contribution in [2.24, 2.45) is 5.92 Å². The van der Waals surface area contributed by atoms with Crippen LogP contribution in [0.4, 0.5) is 0 Å². The van der Waals surface area contributed by atoms with Crippen molar-refractivity contribution in [2.75, 3.05) is 0 Å². The average molecular weight is 233 g/mol. The van der Waals surface area contributed by atoms with Gasteiger partial charge in [-0.3, -0.25) is 0 Å². The molecule has 2 atom stereocenters. The fourth-order valence-corrected chi connectivity index (χ4v) is 2.61. The van der Waals surface area contributed by atoms with Gasteiger partial charge in [-0.15, -0.1) is 0 Å². The molecule has 0 aliphatic heterocycles. The maximum absolute atomic E-state index is 9.46. The molecule has 0 aromatic heterocycles. The molecule has 1 aromatic carbocycles. The van der Waals surface area contributed by atoms with Crippen LogP contribution in [0.15, 0.2) is 24.3 Å². The Balaban J connectivity index is 1.84. The first-order chi connectivity index (χ1) is 8.15. The zero-order chi connectivity index (χ0) is 12.3. The van der Waals surface area contributed by atoms with Gasteiger partial charge in [-0.05, 0) is 43.9 Å². The van der Waals surface area contributed by atoms with Crippen LogP contribution in [-0.4, -0.2) is 11.1 Å². The van der Waals surface area contributed by atoms with Crippen LogP contribution in [0.25, 0.3) is 0 Å². The summed E-state index contributed by atoms with van der Waals surface area (Å²) in [7, 11) is 0. The van der Waals surface area contributed by atoms with Crippen molar-refractivity contribution in [3.8, 4) is 5.75 Å². The predicted octanol–water partition coefficient (Wildman–Crippen LogP) is 3.62. The highest BCUT2D eigenvalue weighted by molar-refractivity contribution is 5.29. The maximum atomic E-state index is 9.46. The molecular weight excluding hydrogens is 210 g/mol. The third-order valence-electron chi connectivity index (χ3n) is 3.82. The van der Waals surface area contributed by atoms with Crippen LogP contribution >= 0.6 is 0 Å². The molecule has 94 valence electrons. The van der Waals surface area contributed by atoms with Crippen molar-refractivity contribution in [1.29, 1.82) is 0 Å². The summed E-state index contributed by atoms with van der Waals surface area (Å²) in [4.78, 5) is 0. The summed E-state index contributed by atoms with van der Waals surface area (Å²) >= 11 is 0. The normalized spacial score (nSPS) is 19.6. The first-order valence-electron chi connectivity index (χ1n) is 6.70. The Labute approximate surface area is 104 Å². The Bertz CT molecular complexity index is 360. The number of aromatic hydroxyl groups is 1. The number of hydrogen-bond acceptors (Lipinski definition) is 2. The Kier molecular flexibility index (Phi) is 4.06. The third kappa shape index (κ3) is 3.47. The van der Waals surface area contributed by atoms with Gasteiger partial charge < -0.3 is 10.4 Å². The summed E-state index contributed by atoms with van der Waals surface area (Å²) in [5.41, 5.74) is 1.16. The molecule has 0 heterocycles. The van der Waals surface area contributed by atoms with E-state index in [1.807, 2.05) is 12.1 Å². The van der Waals surface area contributed by atoms with Crippen molar-refractivity contribution < 1.29 is 5.11 Å². The van der Waals surface area contributed by atoms with Crippen LogP contribution < -0.4 is 5.32 Å². The Morgan fingerprint density at radius 3 is 2.71 bits per heavy atom. The summed E-state index contributed by atoms with van der Waals surface area (Å²) in [6.07, 6.45) is 5.52. The molecule has 2 heteroatoms. The summed E-state index contributed by atoms with van der Waals surface area (Å²) in [6, 6.07) is 8.38. The van der Waals surface area contributed by atoms with E-state index < -0.39 is 0 Å². The van der Waals surface area contributed by atoms with Crippen LogP contribution in [0, 0.1) is 5.92 Å². The van der Waals surface area contributed by atoms with E-state index in [0.29, 0.717) is 17.8 Å². The van der Waals surface area contributed by atoms with Crippen molar-refractivity contribution in [2.45, 2.75) is 51.6 Å². The standard InChI is InChI=1S/C15H23NO/c1-11(9-13-5-3-6-13)16-12(2)14-7-4-8-15(17)10-14/h4,7-8,10-13,16-17H,3,5-6,9H2,1-2H3. The van der Waals surface area contributed by atoms with E-state index in [9.17, 15) is 5.11 Å². The second kappa shape index (κ2) is 5.54. The van der Waals surface area contributed by atoms with E-state index >= 15 is 0 Å². The average Bonchev–Trinajstić information content (AvgIpc) is 2.23. The lowest BCUT2D eigenvalue weighted by molar-refractivity contribution is 0.259. The van der Waals surface area contributed by atoms with Crippen molar-refractivity contribution >= 4 is 0 Å². The Hall–Kier alpha value is -1.02. The molecule has 2 N–H and O–H groups in total. The van der Waals surface area contributed by atoms with Crippen LogP contribution in [0.3, 0.4) is 0 Å². The molecule has 2 rings (SSSR count). The number of phenols is 1. The van der Waals surface area contributed by atoms with Gasteiger partial charge in [-0.2, -0.15) is 0 Å². The topological polar surface area (TPSA) is 32.3 Å². The molecule has 1 aliphatic rings. The molecule has 1 saturated carbocycles. The lowest BCUT2D eigenvalue weighted by atomic mass is 9.81. The zero-order valence-electron chi connectivity index (χ0n) is 10.8. The number of rotatable bonds is 5. The fraction of sp³-hybridized carbons (Fsp3) is 0.600. The molecule has 1 fully saturated rings. The molecule has 17 heavy (non-hydrogen) atoms. The second-order valence-corrected chi connectivity index (χ2v) is 5.42. The molecule has 0 saturated heterocycles. The molecule has 1 aromatic rings. The smallest absolute Gasteiger partial charge is 0.115 e. The highest BCUT2D eigenvalue weighted by Crippen LogP contribution is 2.31. The quantitative estimate of drug-likeness (QED) is 0.814. The number of benzene rings is 1. The van der Waals surface area contributed by atoms with E-state index in [0.717, 1.165) is 11.5 Å². The predicted molar refractivity (Wildman–Crippen MR) is 71.1 cm³/mol. The molecule has 0 spiro atoms. The maximum Gasteiger partial charge on any atom is 0.115 e. The summed E-state index contributed by atoms with van der Waals surface area (Å²) in [5, 5.41) is 13.1. The van der Waals surface area contributed by atoms with Gasteiger partial charge >= 0.3 is 0 Å². The zero-order valence-corrected chi connectivity index (χ0v) is 10.8. The van der Waals surface area contributed by atoms with E-state index in [4.69, 9.17) is 0 Å². The van der Waals surface area contributed by atoms with Gasteiger partial charge in [0.15, 0.2) is 0 Å². The minimum atomic E-state index is 0.303. The number of nitrogens with one attached hydrogen (secondary N) is 1. The minimum Gasteiger partial charge on any atom is -0.508 e. The molecule has 1 aliphatic carbocycles. The monoisotopic (exact) mass is 233 g/mol. The summed E-state index contributed by atoms with van der Waals surface area (Å²) < 4.78 is 0. The number of hydrogen-bond donors (Lipinski definition) is 2. The Morgan fingerprint density at radius 2 is 2.12 bits per heavy atom. The van der Waals surface area contributed by atoms with Gasteiger partial charge in [0.05, 0.1) is 0 Å². The van der Waals surface area contributed by atoms with Crippen LogP contribution in [0.5, 0.6) is 5.75 Å². The van der Waals surface area contributed by atoms with Crippen molar-refractivity contribution in [1.82, 2.24) is 5.32 Å². The van der Waals surface area contributed by atoms with Gasteiger partial charge in [-0.25, -0.2) is 0 Å². The minimum absolute atomic E-state index is 0.303. The first kappa shape index (κ1) is 12.4. The molecule has 2 nitrogen and oxygen atoms in total. The van der Waals surface area contributed by atoms with Crippen LogP contribution in [0.1, 0.15) is 51.1 Å². The van der Waals surface area contributed by atoms with E-state index in [-0.39, 0.29) is 0 Å². The SMILES string of the molecule is CC(CC1CCC1)NC(C)c1cccc(O)c1. The highest BCUT2D eigenvalue weighted by Gasteiger charge is 2.20. The van der Waals surface area contributed by atoms with Crippen LogP contribution in [-0.2, 0) is 0 Å². The molecule has 0 radical (unpaired) electrons. The molecule has 0 bridgehead atoms. The van der Waals surface area contributed by atoms with Crippen LogP contribution in [0.2, 0.25) is 0 Å². The first-order valence-corrected chi connectivity index (χ1v) is 6.70. The van der Waals surface area contributed by atoms with Crippen molar-refractivity contribution in [3.63, 3.8) is 0 Å². The van der Waals surface area contributed by atoms with Gasteiger partial charge in [0.2, 0.25) is 0 Å². The summed E-state index contributed by atoms with van der Waals surface area (Å²) in [6.45, 7) is 4.42.